The van der Waals surface area contributed by atoms with Gasteiger partial charge in [-0.2, -0.15) is 0 Å². The number of urea groups is 1. The van der Waals surface area contributed by atoms with E-state index in [1.165, 1.54) is 17.4 Å². The SMILES string of the molecule is C=CC(=O)N[C@H]1CCC[C@H]1NC(=O)c1sc2nccc3c2c1NC(=O)N3c1ccc(O[C@@H]2CCOC2)cc1C. The maximum absolute atomic E-state index is 13.5. The zero-order valence-corrected chi connectivity index (χ0v) is 22.3. The van der Waals surface area contributed by atoms with Crippen molar-refractivity contribution in [2.24, 2.45) is 0 Å². The van der Waals surface area contributed by atoms with Crippen LogP contribution in [0.15, 0.2) is 43.1 Å². The number of amides is 4. The number of pyridine rings is 1. The molecule has 0 unspecified atom stereocenters. The molecule has 0 radical (unpaired) electrons. The van der Waals surface area contributed by atoms with Gasteiger partial charge in [-0.15, -0.1) is 11.3 Å². The largest absolute Gasteiger partial charge is 0.488 e. The maximum Gasteiger partial charge on any atom is 0.331 e. The van der Waals surface area contributed by atoms with E-state index in [1.807, 2.05) is 25.1 Å². The summed E-state index contributed by atoms with van der Waals surface area (Å²) in [6.07, 6.45) is 6.19. The average molecular weight is 548 g/mol. The van der Waals surface area contributed by atoms with Crippen molar-refractivity contribution in [1.82, 2.24) is 15.6 Å². The first-order chi connectivity index (χ1) is 18.9. The van der Waals surface area contributed by atoms with Gasteiger partial charge in [0.15, 0.2) is 0 Å². The molecule has 4 amide bonds. The molecule has 2 fully saturated rings. The number of ether oxygens (including phenoxy) is 2. The summed E-state index contributed by atoms with van der Waals surface area (Å²) in [4.78, 5) is 45.9. The summed E-state index contributed by atoms with van der Waals surface area (Å²) < 4.78 is 11.4. The summed E-state index contributed by atoms with van der Waals surface area (Å²) in [6.45, 7) is 6.71. The van der Waals surface area contributed by atoms with Crippen molar-refractivity contribution in [3.8, 4) is 5.75 Å². The van der Waals surface area contributed by atoms with Crippen molar-refractivity contribution in [2.75, 3.05) is 23.4 Å². The quantitative estimate of drug-likeness (QED) is 0.377. The van der Waals surface area contributed by atoms with E-state index >= 15 is 0 Å². The molecule has 3 aliphatic rings. The monoisotopic (exact) mass is 547 g/mol. The fourth-order valence-electron chi connectivity index (χ4n) is 5.52. The van der Waals surface area contributed by atoms with Crippen LogP contribution in [0.5, 0.6) is 5.75 Å². The van der Waals surface area contributed by atoms with Crippen molar-refractivity contribution < 1.29 is 23.9 Å². The van der Waals surface area contributed by atoms with Crippen molar-refractivity contribution in [1.29, 1.82) is 0 Å². The maximum atomic E-state index is 13.5. The van der Waals surface area contributed by atoms with Crippen molar-refractivity contribution in [3.63, 3.8) is 0 Å². The van der Waals surface area contributed by atoms with Crippen LogP contribution < -0.4 is 25.6 Å². The van der Waals surface area contributed by atoms with Gasteiger partial charge in [0.25, 0.3) is 5.91 Å². The molecule has 1 saturated heterocycles. The summed E-state index contributed by atoms with van der Waals surface area (Å²) in [5.74, 6) is 0.168. The van der Waals surface area contributed by atoms with Crippen LogP contribution in [0.1, 0.15) is 40.9 Å². The molecule has 6 rings (SSSR count). The highest BCUT2D eigenvalue weighted by Gasteiger charge is 2.35. The second-order valence-electron chi connectivity index (χ2n) is 9.96. The Morgan fingerprint density at radius 2 is 2.03 bits per heavy atom. The van der Waals surface area contributed by atoms with Crippen LogP contribution in [0.4, 0.5) is 21.9 Å². The van der Waals surface area contributed by atoms with E-state index in [9.17, 15) is 14.4 Å². The first-order valence-corrected chi connectivity index (χ1v) is 13.9. The molecule has 202 valence electrons. The topological polar surface area (TPSA) is 122 Å². The Hall–Kier alpha value is -3.96. The Kier molecular flexibility index (Phi) is 6.69. The number of hydrogen-bond donors (Lipinski definition) is 3. The summed E-state index contributed by atoms with van der Waals surface area (Å²) >= 11 is 1.24. The lowest BCUT2D eigenvalue weighted by atomic mass is 10.1. The van der Waals surface area contributed by atoms with Crippen LogP contribution >= 0.6 is 11.3 Å². The Bertz CT molecular complexity index is 1480. The molecule has 3 aromatic rings. The Labute approximate surface area is 229 Å². The predicted octanol–water partition coefficient (Wildman–Crippen LogP) is 4.41. The molecule has 1 saturated carbocycles. The first kappa shape index (κ1) is 25.3. The molecule has 11 heteroatoms. The van der Waals surface area contributed by atoms with E-state index in [2.05, 4.69) is 27.5 Å². The Morgan fingerprint density at radius 3 is 2.77 bits per heavy atom. The zero-order chi connectivity index (χ0) is 27.1. The molecule has 10 nitrogen and oxygen atoms in total. The molecule has 2 aromatic heterocycles. The van der Waals surface area contributed by atoms with Gasteiger partial charge in [0, 0.05) is 24.7 Å². The highest BCUT2D eigenvalue weighted by Crippen LogP contribution is 2.46. The van der Waals surface area contributed by atoms with E-state index in [1.54, 1.807) is 17.2 Å². The lowest BCUT2D eigenvalue weighted by molar-refractivity contribution is -0.117. The molecule has 39 heavy (non-hydrogen) atoms. The molecule has 1 aromatic carbocycles. The zero-order valence-electron chi connectivity index (χ0n) is 21.5. The van der Waals surface area contributed by atoms with Crippen molar-refractivity contribution >= 4 is 56.5 Å². The molecule has 0 spiro atoms. The second-order valence-corrected chi connectivity index (χ2v) is 11.0. The standard InChI is InChI=1S/C28H29N5O5S/c1-3-22(34)30-18-5-4-6-19(18)31-26(35)25-24-23-21(9-11-29-27(23)39-25)33(28(36)32-24)20-8-7-16(13-15(20)2)38-17-10-12-37-14-17/h3,7-9,11,13,17-19H,1,4-6,10,12,14H2,2H3,(H,30,34)(H,31,35)(H,32,36)/t17-,18+,19-/m1/s1. The summed E-state index contributed by atoms with van der Waals surface area (Å²) in [5.41, 5.74) is 2.70. The lowest BCUT2D eigenvalue weighted by Gasteiger charge is -2.30. The normalized spacial score (nSPS) is 22.0. The van der Waals surface area contributed by atoms with Crippen LogP contribution in [0.25, 0.3) is 10.2 Å². The van der Waals surface area contributed by atoms with E-state index in [4.69, 9.17) is 9.47 Å². The Balaban J connectivity index is 1.29. The molecule has 3 atom stereocenters. The Morgan fingerprint density at radius 1 is 1.21 bits per heavy atom. The number of thiophene rings is 1. The van der Waals surface area contributed by atoms with E-state index < -0.39 is 0 Å². The highest BCUT2D eigenvalue weighted by atomic mass is 32.1. The van der Waals surface area contributed by atoms with Crippen LogP contribution in [-0.2, 0) is 9.53 Å². The lowest BCUT2D eigenvalue weighted by Crippen LogP contribution is -2.48. The van der Waals surface area contributed by atoms with Gasteiger partial charge in [-0.25, -0.2) is 9.78 Å². The molecule has 0 bridgehead atoms. The van der Waals surface area contributed by atoms with Gasteiger partial charge in [-0.05, 0) is 62.1 Å². The highest BCUT2D eigenvalue weighted by molar-refractivity contribution is 7.21. The van der Waals surface area contributed by atoms with Crippen LogP contribution in [0.3, 0.4) is 0 Å². The van der Waals surface area contributed by atoms with Gasteiger partial charge in [0.05, 0.1) is 35.7 Å². The fourth-order valence-corrected chi connectivity index (χ4v) is 6.54. The van der Waals surface area contributed by atoms with Gasteiger partial charge in [-0.3, -0.25) is 14.5 Å². The number of carbonyl (C=O) groups is 3. The number of carbonyl (C=O) groups excluding carboxylic acids is 3. The van der Waals surface area contributed by atoms with E-state index in [0.717, 1.165) is 42.4 Å². The van der Waals surface area contributed by atoms with Crippen molar-refractivity contribution in [2.45, 2.75) is 50.8 Å². The summed E-state index contributed by atoms with van der Waals surface area (Å²) in [5, 5.41) is 9.63. The number of nitrogens with zero attached hydrogens (tertiary/aromatic N) is 2. The third-order valence-corrected chi connectivity index (χ3v) is 8.49. The molecule has 3 N–H and O–H groups in total. The van der Waals surface area contributed by atoms with Crippen LogP contribution in [-0.4, -0.2) is 54.2 Å². The number of aryl methyl sites for hydroxylation is 1. The summed E-state index contributed by atoms with van der Waals surface area (Å²) in [6, 6.07) is 6.70. The van der Waals surface area contributed by atoms with Gasteiger partial charge < -0.3 is 25.4 Å². The smallest absolute Gasteiger partial charge is 0.331 e. The minimum Gasteiger partial charge on any atom is -0.488 e. The third-order valence-electron chi connectivity index (χ3n) is 7.40. The second kappa shape index (κ2) is 10.3. The van der Waals surface area contributed by atoms with Gasteiger partial charge in [-0.1, -0.05) is 6.58 Å². The number of rotatable bonds is 7. The first-order valence-electron chi connectivity index (χ1n) is 13.0. The average Bonchev–Trinajstić information content (AvgIpc) is 3.67. The number of benzene rings is 1. The van der Waals surface area contributed by atoms with E-state index in [-0.39, 0.29) is 36.0 Å². The minimum atomic E-state index is -0.361. The van der Waals surface area contributed by atoms with Crippen molar-refractivity contribution in [3.05, 3.63) is 53.6 Å². The number of nitrogens with one attached hydrogen (secondary N) is 3. The molecular formula is C28H29N5O5S. The molecule has 2 aliphatic heterocycles. The van der Waals surface area contributed by atoms with E-state index in [0.29, 0.717) is 40.0 Å². The number of anilines is 3. The molecule has 1 aliphatic carbocycles. The predicted molar refractivity (Wildman–Crippen MR) is 149 cm³/mol. The fraction of sp³-hybridized carbons (Fsp3) is 0.357. The number of aromatic nitrogens is 1. The van der Waals surface area contributed by atoms with Gasteiger partial charge >= 0.3 is 6.03 Å². The third kappa shape index (κ3) is 4.72. The van der Waals surface area contributed by atoms with Gasteiger partial charge in [0.2, 0.25) is 5.91 Å². The summed E-state index contributed by atoms with van der Waals surface area (Å²) in [7, 11) is 0. The molecule has 4 heterocycles. The van der Waals surface area contributed by atoms with Gasteiger partial charge in [0.1, 0.15) is 21.6 Å². The minimum absolute atomic E-state index is 0.0315. The van der Waals surface area contributed by atoms with Crippen LogP contribution in [0, 0.1) is 6.92 Å². The number of hydrogen-bond acceptors (Lipinski definition) is 7. The van der Waals surface area contributed by atoms with Crippen LogP contribution in [0.2, 0.25) is 0 Å². The molecular weight excluding hydrogens is 518 g/mol.